The predicted octanol–water partition coefficient (Wildman–Crippen LogP) is 3.70. The average molecular weight is 312 g/mol. The number of imidazole rings is 1. The molecule has 2 aromatic rings. The molecular formula is C12H10F6N2O. The van der Waals surface area contributed by atoms with Crippen LogP contribution in [-0.2, 0) is 17.3 Å². The van der Waals surface area contributed by atoms with Crippen LogP contribution < -0.4 is 0 Å². The molecule has 1 aromatic heterocycles. The van der Waals surface area contributed by atoms with Gasteiger partial charge in [-0.1, -0.05) is 0 Å². The van der Waals surface area contributed by atoms with Crippen LogP contribution in [0.25, 0.3) is 11.0 Å². The second-order valence-corrected chi connectivity index (χ2v) is 4.33. The number of halogens is 6. The van der Waals surface area contributed by atoms with Crippen LogP contribution in [-0.4, -0.2) is 29.4 Å². The molecule has 0 aliphatic carbocycles. The summed E-state index contributed by atoms with van der Waals surface area (Å²) in [6.07, 6.45) is -8.82. The maximum Gasteiger partial charge on any atom is 0.416 e. The highest BCUT2D eigenvalue weighted by Crippen LogP contribution is 2.30. The number of alkyl halides is 6. The largest absolute Gasteiger partial charge is 0.416 e. The topological polar surface area (TPSA) is 37.9 Å². The van der Waals surface area contributed by atoms with Gasteiger partial charge in [-0.3, -0.25) is 0 Å². The normalized spacial score (nSPS) is 13.0. The zero-order chi connectivity index (χ0) is 15.7. The van der Waals surface area contributed by atoms with Crippen LogP contribution in [0.15, 0.2) is 18.2 Å². The van der Waals surface area contributed by atoms with Gasteiger partial charge in [0.05, 0.1) is 23.2 Å². The van der Waals surface area contributed by atoms with Crippen LogP contribution in [0, 0.1) is 0 Å². The van der Waals surface area contributed by atoms with Gasteiger partial charge in [0.15, 0.2) is 0 Å². The summed E-state index contributed by atoms with van der Waals surface area (Å²) in [5.74, 6) is 0.270. The summed E-state index contributed by atoms with van der Waals surface area (Å²) in [5.41, 5.74) is -0.331. The minimum atomic E-state index is -4.46. The summed E-state index contributed by atoms with van der Waals surface area (Å²) in [6, 6.07) is 3.00. The lowest BCUT2D eigenvalue weighted by atomic mass is 10.2. The summed E-state index contributed by atoms with van der Waals surface area (Å²) in [6.45, 7) is -1.60. The van der Waals surface area contributed by atoms with Gasteiger partial charge in [0, 0.05) is 6.42 Å². The van der Waals surface area contributed by atoms with Crippen LogP contribution in [0.4, 0.5) is 26.3 Å². The van der Waals surface area contributed by atoms with Crippen molar-refractivity contribution in [3.8, 4) is 0 Å². The maximum absolute atomic E-state index is 12.5. The van der Waals surface area contributed by atoms with Crippen molar-refractivity contribution >= 4 is 11.0 Å². The van der Waals surface area contributed by atoms with Crippen molar-refractivity contribution in [2.75, 3.05) is 13.2 Å². The average Bonchev–Trinajstić information content (AvgIpc) is 2.74. The summed E-state index contributed by atoms with van der Waals surface area (Å²) in [7, 11) is 0. The number of benzene rings is 1. The number of hydrogen-bond acceptors (Lipinski definition) is 2. The Labute approximate surface area is 114 Å². The Bertz CT molecular complexity index is 616. The number of aromatic amines is 1. The van der Waals surface area contributed by atoms with E-state index in [4.69, 9.17) is 0 Å². The number of fused-ring (bicyclic) bond motifs is 1. The molecule has 0 atom stereocenters. The highest BCUT2D eigenvalue weighted by Gasteiger charge is 2.30. The van der Waals surface area contributed by atoms with Crippen molar-refractivity contribution in [2.24, 2.45) is 0 Å². The molecule has 0 spiro atoms. The summed E-state index contributed by atoms with van der Waals surface area (Å²) in [5, 5.41) is 0. The molecule has 0 aliphatic rings. The molecule has 0 amide bonds. The van der Waals surface area contributed by atoms with Crippen LogP contribution in [0.5, 0.6) is 0 Å². The number of nitrogens with one attached hydrogen (secondary N) is 1. The highest BCUT2D eigenvalue weighted by molar-refractivity contribution is 5.76. The molecule has 21 heavy (non-hydrogen) atoms. The van der Waals surface area contributed by atoms with Crippen molar-refractivity contribution in [2.45, 2.75) is 18.8 Å². The van der Waals surface area contributed by atoms with Crippen molar-refractivity contribution in [1.82, 2.24) is 9.97 Å². The Kier molecular flexibility index (Phi) is 4.13. The van der Waals surface area contributed by atoms with Gasteiger partial charge < -0.3 is 9.72 Å². The molecule has 2 rings (SSSR count). The zero-order valence-corrected chi connectivity index (χ0v) is 10.5. The van der Waals surface area contributed by atoms with E-state index in [1.165, 1.54) is 6.07 Å². The maximum atomic E-state index is 12.5. The second-order valence-electron chi connectivity index (χ2n) is 4.33. The summed E-state index contributed by atoms with van der Waals surface area (Å²) >= 11 is 0. The molecule has 0 saturated carbocycles. The molecule has 9 heteroatoms. The monoisotopic (exact) mass is 312 g/mol. The molecule has 1 heterocycles. The lowest BCUT2D eigenvalue weighted by molar-refractivity contribution is -0.173. The summed E-state index contributed by atoms with van der Waals surface area (Å²) in [4.78, 5) is 6.62. The summed E-state index contributed by atoms with van der Waals surface area (Å²) < 4.78 is 77.5. The Morgan fingerprint density at radius 1 is 1.10 bits per heavy atom. The van der Waals surface area contributed by atoms with E-state index in [9.17, 15) is 26.3 Å². The third kappa shape index (κ3) is 4.35. The molecule has 0 bridgehead atoms. The van der Waals surface area contributed by atoms with E-state index < -0.39 is 24.5 Å². The third-order valence-electron chi connectivity index (χ3n) is 2.61. The number of H-pyrrole nitrogens is 1. The first-order chi connectivity index (χ1) is 9.65. The van der Waals surface area contributed by atoms with Crippen molar-refractivity contribution in [3.63, 3.8) is 0 Å². The van der Waals surface area contributed by atoms with Crippen molar-refractivity contribution in [3.05, 3.63) is 29.6 Å². The molecule has 0 unspecified atom stereocenters. The number of aromatic nitrogens is 2. The van der Waals surface area contributed by atoms with Gasteiger partial charge in [-0.15, -0.1) is 0 Å². The Morgan fingerprint density at radius 3 is 2.43 bits per heavy atom. The molecule has 0 saturated heterocycles. The Balaban J connectivity index is 2.02. The molecule has 1 aromatic carbocycles. The fourth-order valence-electron chi connectivity index (χ4n) is 1.71. The molecule has 0 radical (unpaired) electrons. The lowest BCUT2D eigenvalue weighted by Crippen LogP contribution is -2.18. The van der Waals surface area contributed by atoms with E-state index in [1.807, 2.05) is 0 Å². The van der Waals surface area contributed by atoms with E-state index in [-0.39, 0.29) is 24.4 Å². The molecule has 0 aliphatic heterocycles. The first-order valence-corrected chi connectivity index (χ1v) is 5.85. The molecular weight excluding hydrogens is 302 g/mol. The van der Waals surface area contributed by atoms with Gasteiger partial charge in [-0.2, -0.15) is 26.3 Å². The standard InChI is InChI=1S/C12H10F6N2O/c13-11(14,15)6-21-4-3-10-19-8-2-1-7(12(16,17)18)5-9(8)20-10/h1-2,5H,3-4,6H2,(H,19,20). The second kappa shape index (κ2) is 5.55. The van der Waals surface area contributed by atoms with Gasteiger partial charge in [0.2, 0.25) is 0 Å². The molecule has 1 N–H and O–H groups in total. The number of rotatable bonds is 4. The molecule has 3 nitrogen and oxygen atoms in total. The van der Waals surface area contributed by atoms with Crippen LogP contribution in [0.1, 0.15) is 11.4 Å². The number of nitrogens with zero attached hydrogens (tertiary/aromatic N) is 1. The quantitative estimate of drug-likeness (QED) is 0.690. The van der Waals surface area contributed by atoms with Gasteiger partial charge in [0.25, 0.3) is 0 Å². The van der Waals surface area contributed by atoms with Crippen LogP contribution >= 0.6 is 0 Å². The third-order valence-corrected chi connectivity index (χ3v) is 2.61. The Morgan fingerprint density at radius 2 is 1.81 bits per heavy atom. The van der Waals surface area contributed by atoms with Crippen molar-refractivity contribution < 1.29 is 31.1 Å². The van der Waals surface area contributed by atoms with Crippen LogP contribution in [0.3, 0.4) is 0 Å². The predicted molar refractivity (Wildman–Crippen MR) is 61.7 cm³/mol. The van der Waals surface area contributed by atoms with Gasteiger partial charge >= 0.3 is 12.4 Å². The van der Waals surface area contributed by atoms with Crippen molar-refractivity contribution in [1.29, 1.82) is 0 Å². The SMILES string of the molecule is FC(F)(F)COCCc1nc2ccc(C(F)(F)F)cc2[nH]1. The molecule has 116 valence electrons. The Hall–Kier alpha value is -1.77. The fourth-order valence-corrected chi connectivity index (χ4v) is 1.71. The van der Waals surface area contributed by atoms with Gasteiger partial charge in [-0.05, 0) is 18.2 Å². The zero-order valence-electron chi connectivity index (χ0n) is 10.5. The van der Waals surface area contributed by atoms with E-state index in [0.29, 0.717) is 5.52 Å². The highest BCUT2D eigenvalue weighted by atomic mass is 19.4. The fraction of sp³-hybridized carbons (Fsp3) is 0.417. The van der Waals surface area contributed by atoms with E-state index in [1.54, 1.807) is 0 Å². The first kappa shape index (κ1) is 15.6. The minimum Gasteiger partial charge on any atom is -0.372 e. The minimum absolute atomic E-state index is 0.0477. The molecule has 0 fully saturated rings. The van der Waals surface area contributed by atoms with E-state index >= 15 is 0 Å². The van der Waals surface area contributed by atoms with Gasteiger partial charge in [0.1, 0.15) is 12.4 Å². The lowest BCUT2D eigenvalue weighted by Gasteiger charge is -2.06. The van der Waals surface area contributed by atoms with Gasteiger partial charge in [-0.25, -0.2) is 4.98 Å². The van der Waals surface area contributed by atoms with E-state index in [0.717, 1.165) is 12.1 Å². The number of hydrogen-bond donors (Lipinski definition) is 1. The van der Waals surface area contributed by atoms with E-state index in [2.05, 4.69) is 14.7 Å². The first-order valence-electron chi connectivity index (χ1n) is 5.85. The smallest absolute Gasteiger partial charge is 0.372 e. The van der Waals surface area contributed by atoms with Crippen LogP contribution in [0.2, 0.25) is 0 Å². The number of ether oxygens (including phenoxy) is 1.